The first-order chi connectivity index (χ1) is 17.5. The van der Waals surface area contributed by atoms with Gasteiger partial charge in [0.1, 0.15) is 5.82 Å². The van der Waals surface area contributed by atoms with Crippen molar-refractivity contribution in [1.29, 1.82) is 0 Å². The van der Waals surface area contributed by atoms with Crippen LogP contribution in [0, 0.1) is 0 Å². The van der Waals surface area contributed by atoms with Crippen LogP contribution in [0.1, 0.15) is 26.3 Å². The highest BCUT2D eigenvalue weighted by atomic mass is 32.1. The quantitative estimate of drug-likeness (QED) is 0.240. The molecule has 0 saturated carbocycles. The van der Waals surface area contributed by atoms with Crippen molar-refractivity contribution in [3.8, 4) is 17.1 Å². The number of fused-ring (bicyclic) bond motifs is 6. The molecule has 0 amide bonds. The molecular formula is C33H26N2S. The van der Waals surface area contributed by atoms with E-state index in [1.807, 2.05) is 11.3 Å². The summed E-state index contributed by atoms with van der Waals surface area (Å²) in [7, 11) is 0. The van der Waals surface area contributed by atoms with E-state index >= 15 is 0 Å². The van der Waals surface area contributed by atoms with Crippen LogP contribution in [0.15, 0.2) is 103 Å². The number of nitrogens with zero attached hydrogens (tertiary/aromatic N) is 2. The molecule has 7 aromatic rings. The van der Waals surface area contributed by atoms with E-state index < -0.39 is 0 Å². The Morgan fingerprint density at radius 3 is 2.19 bits per heavy atom. The summed E-state index contributed by atoms with van der Waals surface area (Å²) >= 11 is 1.85. The highest BCUT2D eigenvalue weighted by Gasteiger charge is 2.20. The van der Waals surface area contributed by atoms with Gasteiger partial charge in [-0.2, -0.15) is 0 Å². The summed E-state index contributed by atoms with van der Waals surface area (Å²) in [4.78, 5) is 5.35. The van der Waals surface area contributed by atoms with E-state index in [0.717, 1.165) is 22.5 Å². The fraction of sp³-hybridized carbons (Fsp3) is 0.121. The first-order valence-electron chi connectivity index (χ1n) is 12.4. The van der Waals surface area contributed by atoms with Crippen molar-refractivity contribution >= 4 is 53.3 Å². The van der Waals surface area contributed by atoms with Gasteiger partial charge in [-0.1, -0.05) is 93.6 Å². The molecule has 2 heterocycles. The minimum Gasteiger partial charge on any atom is -0.292 e. The molecule has 0 aliphatic carbocycles. The van der Waals surface area contributed by atoms with Crippen molar-refractivity contribution < 1.29 is 0 Å². The Morgan fingerprint density at radius 2 is 1.39 bits per heavy atom. The van der Waals surface area contributed by atoms with Gasteiger partial charge in [0, 0.05) is 36.8 Å². The Bertz CT molecular complexity index is 1910. The third kappa shape index (κ3) is 3.20. The van der Waals surface area contributed by atoms with E-state index in [-0.39, 0.29) is 5.41 Å². The molecule has 5 aromatic carbocycles. The SMILES string of the molecule is CC(C)(C)c1ccc(-n2c(-c3cccc4c3sc3ccccc34)nc3c4ccccc4ccc32)cc1. The molecule has 2 aromatic heterocycles. The average Bonchev–Trinajstić information content (AvgIpc) is 3.47. The summed E-state index contributed by atoms with van der Waals surface area (Å²) in [5.74, 6) is 0.988. The lowest BCUT2D eigenvalue weighted by Crippen LogP contribution is -2.11. The van der Waals surface area contributed by atoms with Gasteiger partial charge >= 0.3 is 0 Å². The van der Waals surface area contributed by atoms with Gasteiger partial charge in [0.25, 0.3) is 0 Å². The predicted molar refractivity (Wildman–Crippen MR) is 156 cm³/mol. The van der Waals surface area contributed by atoms with Crippen LogP contribution >= 0.6 is 11.3 Å². The van der Waals surface area contributed by atoms with Crippen LogP contribution in [-0.2, 0) is 5.41 Å². The van der Waals surface area contributed by atoms with Gasteiger partial charge in [0.2, 0.25) is 0 Å². The lowest BCUT2D eigenvalue weighted by Gasteiger charge is -2.19. The molecule has 36 heavy (non-hydrogen) atoms. The van der Waals surface area contributed by atoms with Gasteiger partial charge in [-0.25, -0.2) is 4.98 Å². The summed E-state index contributed by atoms with van der Waals surface area (Å²) in [5, 5.41) is 5.00. The molecule has 0 aliphatic rings. The summed E-state index contributed by atoms with van der Waals surface area (Å²) in [5.41, 5.74) is 5.92. The number of rotatable bonds is 2. The molecule has 0 fully saturated rings. The average molecular weight is 483 g/mol. The Labute approximate surface area is 214 Å². The summed E-state index contributed by atoms with van der Waals surface area (Å²) in [6.07, 6.45) is 0. The van der Waals surface area contributed by atoms with Gasteiger partial charge in [-0.05, 0) is 46.7 Å². The van der Waals surface area contributed by atoms with Gasteiger partial charge in [0.15, 0.2) is 0 Å². The van der Waals surface area contributed by atoms with Crippen molar-refractivity contribution in [2.45, 2.75) is 26.2 Å². The van der Waals surface area contributed by atoms with Crippen LogP contribution in [0.25, 0.3) is 59.1 Å². The van der Waals surface area contributed by atoms with Crippen LogP contribution in [-0.4, -0.2) is 9.55 Å². The van der Waals surface area contributed by atoms with E-state index in [1.165, 1.54) is 42.1 Å². The number of thiophene rings is 1. The Balaban J connectivity index is 1.58. The zero-order chi connectivity index (χ0) is 24.4. The molecular weight excluding hydrogens is 456 g/mol. The first kappa shape index (κ1) is 21.3. The minimum absolute atomic E-state index is 0.108. The standard InChI is InChI=1S/C33H26N2S/c1-33(2,3)22-16-18-23(19-17-22)35-28-20-15-21-9-4-5-10-24(21)30(28)34-32(35)27-13-8-12-26-25-11-6-7-14-29(25)36-31(26)27/h4-20H,1-3H3. The molecule has 0 radical (unpaired) electrons. The van der Waals surface area contributed by atoms with Crippen molar-refractivity contribution in [2.75, 3.05) is 0 Å². The zero-order valence-corrected chi connectivity index (χ0v) is 21.4. The van der Waals surface area contributed by atoms with E-state index in [4.69, 9.17) is 4.98 Å². The van der Waals surface area contributed by atoms with Gasteiger partial charge in [-0.15, -0.1) is 11.3 Å². The molecule has 0 aliphatic heterocycles. The van der Waals surface area contributed by atoms with Crippen LogP contribution in [0.4, 0.5) is 0 Å². The van der Waals surface area contributed by atoms with Gasteiger partial charge in [0.05, 0.1) is 11.0 Å². The smallest absolute Gasteiger partial charge is 0.147 e. The molecule has 0 bridgehead atoms. The molecule has 0 atom stereocenters. The topological polar surface area (TPSA) is 17.8 Å². The number of aromatic nitrogens is 2. The summed E-state index contributed by atoms with van der Waals surface area (Å²) < 4.78 is 4.93. The number of hydrogen-bond donors (Lipinski definition) is 0. The second-order valence-corrected chi connectivity index (χ2v) is 11.6. The maximum absolute atomic E-state index is 5.35. The van der Waals surface area contributed by atoms with Crippen LogP contribution < -0.4 is 0 Å². The Kier molecular flexibility index (Phi) is 4.61. The van der Waals surface area contributed by atoms with E-state index in [1.54, 1.807) is 0 Å². The van der Waals surface area contributed by atoms with Crippen LogP contribution in [0.2, 0.25) is 0 Å². The molecule has 7 rings (SSSR count). The Morgan fingerprint density at radius 1 is 0.667 bits per heavy atom. The third-order valence-corrected chi connectivity index (χ3v) is 8.41. The lowest BCUT2D eigenvalue weighted by molar-refractivity contribution is 0.590. The van der Waals surface area contributed by atoms with E-state index in [9.17, 15) is 0 Å². The second-order valence-electron chi connectivity index (χ2n) is 10.5. The molecule has 0 spiro atoms. The number of benzene rings is 5. The van der Waals surface area contributed by atoms with Crippen molar-refractivity contribution in [2.24, 2.45) is 0 Å². The highest BCUT2D eigenvalue weighted by Crippen LogP contribution is 2.41. The van der Waals surface area contributed by atoms with Crippen molar-refractivity contribution in [3.05, 3.63) is 109 Å². The molecule has 174 valence electrons. The summed E-state index contributed by atoms with van der Waals surface area (Å²) in [6.45, 7) is 6.77. The molecule has 0 unspecified atom stereocenters. The minimum atomic E-state index is 0.108. The maximum atomic E-state index is 5.35. The lowest BCUT2D eigenvalue weighted by atomic mass is 9.87. The highest BCUT2D eigenvalue weighted by molar-refractivity contribution is 7.26. The summed E-state index contributed by atoms with van der Waals surface area (Å²) in [6, 6.07) is 37.3. The largest absolute Gasteiger partial charge is 0.292 e. The van der Waals surface area contributed by atoms with Gasteiger partial charge in [-0.3, -0.25) is 4.57 Å². The van der Waals surface area contributed by atoms with Crippen LogP contribution in [0.5, 0.6) is 0 Å². The third-order valence-electron chi connectivity index (χ3n) is 7.19. The monoisotopic (exact) mass is 482 g/mol. The fourth-order valence-electron chi connectivity index (χ4n) is 5.29. The van der Waals surface area contributed by atoms with Crippen molar-refractivity contribution in [3.63, 3.8) is 0 Å². The normalized spacial score (nSPS) is 12.3. The Hall–Kier alpha value is -3.95. The molecule has 0 N–H and O–H groups in total. The van der Waals surface area contributed by atoms with E-state index in [2.05, 4.69) is 128 Å². The van der Waals surface area contributed by atoms with Crippen molar-refractivity contribution in [1.82, 2.24) is 9.55 Å². The maximum Gasteiger partial charge on any atom is 0.147 e. The van der Waals surface area contributed by atoms with Gasteiger partial charge < -0.3 is 0 Å². The molecule has 0 saturated heterocycles. The number of hydrogen-bond acceptors (Lipinski definition) is 2. The molecule has 2 nitrogen and oxygen atoms in total. The predicted octanol–water partition coefficient (Wildman–Crippen LogP) is 9.51. The fourth-order valence-corrected chi connectivity index (χ4v) is 6.50. The first-order valence-corrected chi connectivity index (χ1v) is 13.2. The zero-order valence-electron chi connectivity index (χ0n) is 20.6. The van der Waals surface area contributed by atoms with E-state index in [0.29, 0.717) is 0 Å². The molecule has 3 heteroatoms. The number of imidazole rings is 1. The second kappa shape index (κ2) is 7.78. The van der Waals surface area contributed by atoms with Crippen LogP contribution in [0.3, 0.4) is 0 Å².